The van der Waals surface area contributed by atoms with Crippen LogP contribution in [0.5, 0.6) is 0 Å². The number of nitrogens with zero attached hydrogens (tertiary/aromatic N) is 1. The number of carboxylic acids is 1. The number of hydrogen-bond acceptors (Lipinski definition) is 2. The van der Waals surface area contributed by atoms with Gasteiger partial charge < -0.3 is 15.3 Å². The van der Waals surface area contributed by atoms with Crippen molar-refractivity contribution in [2.24, 2.45) is 5.92 Å². The highest BCUT2D eigenvalue weighted by Gasteiger charge is 2.19. The number of benzene rings is 1. The Balaban J connectivity index is 2.88. The molecule has 1 aromatic rings. The summed E-state index contributed by atoms with van der Waals surface area (Å²) in [6, 6.07) is 6.87. The van der Waals surface area contributed by atoms with Gasteiger partial charge in [0.15, 0.2) is 0 Å². The molecule has 0 heterocycles. The Morgan fingerprint density at radius 2 is 1.81 bits per heavy atom. The lowest BCUT2D eigenvalue weighted by molar-refractivity contribution is -0.136. The fourth-order valence-electron chi connectivity index (χ4n) is 2.07. The van der Waals surface area contributed by atoms with Crippen molar-refractivity contribution in [2.45, 2.75) is 40.2 Å². The van der Waals surface area contributed by atoms with Gasteiger partial charge in [-0.15, -0.1) is 0 Å². The average molecular weight is 292 g/mol. The maximum absolute atomic E-state index is 12.4. The molecule has 0 unspecified atom stereocenters. The highest BCUT2D eigenvalue weighted by molar-refractivity contribution is 5.91. The number of rotatable bonds is 6. The van der Waals surface area contributed by atoms with E-state index in [0.717, 1.165) is 0 Å². The Labute approximate surface area is 126 Å². The number of para-hydroxylation sites is 1. The van der Waals surface area contributed by atoms with Crippen molar-refractivity contribution in [1.82, 2.24) is 4.90 Å². The van der Waals surface area contributed by atoms with E-state index in [9.17, 15) is 9.59 Å². The lowest BCUT2D eigenvalue weighted by Crippen LogP contribution is -2.42. The Morgan fingerprint density at radius 1 is 1.19 bits per heavy atom. The summed E-state index contributed by atoms with van der Waals surface area (Å²) in [6.07, 6.45) is -0.109. The van der Waals surface area contributed by atoms with Gasteiger partial charge in [-0.05, 0) is 31.4 Å². The van der Waals surface area contributed by atoms with Gasteiger partial charge in [0.05, 0.1) is 6.42 Å². The SMILES string of the molecule is CC(C)CN(C(=O)Nc1ccccc1CC(=O)O)C(C)C. The van der Waals surface area contributed by atoms with Crippen LogP contribution in [0.25, 0.3) is 0 Å². The maximum atomic E-state index is 12.4. The summed E-state index contributed by atoms with van der Waals surface area (Å²) in [5.74, 6) is -0.549. The molecule has 1 rings (SSSR count). The van der Waals surface area contributed by atoms with Crippen molar-refractivity contribution in [3.63, 3.8) is 0 Å². The molecule has 21 heavy (non-hydrogen) atoms. The molecule has 2 amide bonds. The second-order valence-corrected chi connectivity index (χ2v) is 5.80. The van der Waals surface area contributed by atoms with Crippen molar-refractivity contribution >= 4 is 17.7 Å². The van der Waals surface area contributed by atoms with Crippen LogP contribution < -0.4 is 5.32 Å². The van der Waals surface area contributed by atoms with E-state index in [2.05, 4.69) is 19.2 Å². The molecule has 0 fully saturated rings. The summed E-state index contributed by atoms with van der Waals surface area (Å²) in [5.41, 5.74) is 1.16. The molecular weight excluding hydrogens is 268 g/mol. The molecule has 0 radical (unpaired) electrons. The third kappa shape index (κ3) is 5.45. The third-order valence-electron chi connectivity index (χ3n) is 3.05. The fraction of sp³-hybridized carbons (Fsp3) is 0.500. The molecule has 0 saturated carbocycles. The lowest BCUT2D eigenvalue weighted by atomic mass is 10.1. The number of carbonyl (C=O) groups is 2. The van der Waals surface area contributed by atoms with E-state index in [1.54, 1.807) is 29.2 Å². The van der Waals surface area contributed by atoms with Crippen LogP contribution in [0.15, 0.2) is 24.3 Å². The van der Waals surface area contributed by atoms with E-state index < -0.39 is 5.97 Å². The minimum absolute atomic E-state index is 0.0824. The van der Waals surface area contributed by atoms with Gasteiger partial charge in [0.2, 0.25) is 0 Å². The van der Waals surface area contributed by atoms with Crippen molar-refractivity contribution in [1.29, 1.82) is 0 Å². The highest BCUT2D eigenvalue weighted by atomic mass is 16.4. The summed E-state index contributed by atoms with van der Waals surface area (Å²) in [6.45, 7) is 8.70. The minimum atomic E-state index is -0.917. The molecule has 0 aromatic heterocycles. The summed E-state index contributed by atoms with van der Waals surface area (Å²) in [4.78, 5) is 25.0. The first kappa shape index (κ1) is 17.0. The molecule has 5 heteroatoms. The van der Waals surface area contributed by atoms with Crippen molar-refractivity contribution in [3.05, 3.63) is 29.8 Å². The first-order valence-electron chi connectivity index (χ1n) is 7.18. The number of aliphatic carboxylic acids is 1. The Morgan fingerprint density at radius 3 is 2.33 bits per heavy atom. The normalized spacial score (nSPS) is 10.8. The average Bonchev–Trinajstić information content (AvgIpc) is 2.37. The van der Waals surface area contributed by atoms with Gasteiger partial charge in [-0.3, -0.25) is 4.79 Å². The zero-order chi connectivity index (χ0) is 16.0. The second-order valence-electron chi connectivity index (χ2n) is 5.80. The zero-order valence-electron chi connectivity index (χ0n) is 13.1. The number of anilines is 1. The number of urea groups is 1. The summed E-state index contributed by atoms with van der Waals surface area (Å²) < 4.78 is 0. The second kappa shape index (κ2) is 7.67. The van der Waals surface area contributed by atoms with Gasteiger partial charge >= 0.3 is 12.0 Å². The van der Waals surface area contributed by atoms with E-state index in [-0.39, 0.29) is 18.5 Å². The monoisotopic (exact) mass is 292 g/mol. The molecule has 2 N–H and O–H groups in total. The van der Waals surface area contributed by atoms with Crippen LogP contribution >= 0.6 is 0 Å². The van der Waals surface area contributed by atoms with Crippen molar-refractivity contribution < 1.29 is 14.7 Å². The molecule has 0 spiro atoms. The molecule has 0 aliphatic rings. The van der Waals surface area contributed by atoms with Gasteiger partial charge in [-0.25, -0.2) is 4.79 Å². The molecule has 0 saturated heterocycles. The van der Waals surface area contributed by atoms with Gasteiger partial charge in [-0.2, -0.15) is 0 Å². The predicted molar refractivity (Wildman–Crippen MR) is 83.5 cm³/mol. The number of hydrogen-bond donors (Lipinski definition) is 2. The third-order valence-corrected chi connectivity index (χ3v) is 3.05. The van der Waals surface area contributed by atoms with Crippen LogP contribution in [-0.2, 0) is 11.2 Å². The van der Waals surface area contributed by atoms with Gasteiger partial charge in [0, 0.05) is 18.3 Å². The number of nitrogens with one attached hydrogen (secondary N) is 1. The number of amides is 2. The van der Waals surface area contributed by atoms with E-state index in [1.807, 2.05) is 13.8 Å². The van der Waals surface area contributed by atoms with E-state index in [1.165, 1.54) is 0 Å². The number of carboxylic acid groups (broad SMARTS) is 1. The quantitative estimate of drug-likeness (QED) is 0.845. The van der Waals surface area contributed by atoms with Crippen LogP contribution in [0.4, 0.5) is 10.5 Å². The van der Waals surface area contributed by atoms with Crippen molar-refractivity contribution in [3.8, 4) is 0 Å². The Hall–Kier alpha value is -2.04. The first-order chi connectivity index (χ1) is 9.81. The number of carbonyl (C=O) groups excluding carboxylic acids is 1. The van der Waals surface area contributed by atoms with Crippen LogP contribution in [0.3, 0.4) is 0 Å². The molecule has 1 aromatic carbocycles. The minimum Gasteiger partial charge on any atom is -0.481 e. The molecule has 5 nitrogen and oxygen atoms in total. The summed E-state index contributed by atoms with van der Waals surface area (Å²) in [5, 5.41) is 11.7. The fourth-order valence-corrected chi connectivity index (χ4v) is 2.07. The van der Waals surface area contributed by atoms with Gasteiger partial charge in [-0.1, -0.05) is 32.0 Å². The molecule has 0 aliphatic heterocycles. The first-order valence-corrected chi connectivity index (χ1v) is 7.18. The van der Waals surface area contributed by atoms with Crippen LogP contribution in [-0.4, -0.2) is 34.6 Å². The van der Waals surface area contributed by atoms with E-state index in [0.29, 0.717) is 23.7 Å². The standard InChI is InChI=1S/C16H24N2O3/c1-11(2)10-18(12(3)4)16(21)17-14-8-6-5-7-13(14)9-15(19)20/h5-8,11-12H,9-10H2,1-4H3,(H,17,21)(H,19,20). The Bertz CT molecular complexity index is 498. The molecule has 0 atom stereocenters. The smallest absolute Gasteiger partial charge is 0.322 e. The van der Waals surface area contributed by atoms with Crippen LogP contribution in [0, 0.1) is 5.92 Å². The Kier molecular flexibility index (Phi) is 6.21. The predicted octanol–water partition coefficient (Wildman–Crippen LogP) is 3.21. The van der Waals surface area contributed by atoms with Crippen LogP contribution in [0.1, 0.15) is 33.3 Å². The molecule has 0 aliphatic carbocycles. The highest BCUT2D eigenvalue weighted by Crippen LogP contribution is 2.17. The molecule has 0 bridgehead atoms. The molecular formula is C16H24N2O3. The molecule has 116 valence electrons. The largest absolute Gasteiger partial charge is 0.481 e. The van der Waals surface area contributed by atoms with E-state index in [4.69, 9.17) is 5.11 Å². The zero-order valence-corrected chi connectivity index (χ0v) is 13.1. The van der Waals surface area contributed by atoms with E-state index >= 15 is 0 Å². The summed E-state index contributed by atoms with van der Waals surface area (Å²) >= 11 is 0. The van der Waals surface area contributed by atoms with Gasteiger partial charge in [0.25, 0.3) is 0 Å². The lowest BCUT2D eigenvalue weighted by Gasteiger charge is -2.29. The maximum Gasteiger partial charge on any atom is 0.322 e. The van der Waals surface area contributed by atoms with Gasteiger partial charge in [0.1, 0.15) is 0 Å². The topological polar surface area (TPSA) is 69.6 Å². The van der Waals surface area contributed by atoms with Crippen molar-refractivity contribution in [2.75, 3.05) is 11.9 Å². The summed E-state index contributed by atoms with van der Waals surface area (Å²) in [7, 11) is 0. The van der Waals surface area contributed by atoms with Crippen LogP contribution in [0.2, 0.25) is 0 Å².